The fourth-order valence-electron chi connectivity index (χ4n) is 3.17. The molecule has 4 nitrogen and oxygen atoms in total. The van der Waals surface area contributed by atoms with E-state index in [2.05, 4.69) is 9.97 Å². The number of aromatic nitrogens is 2. The number of Topliss-reactive ketones (excluding diaryl/α,β-unsaturated/α-hetero) is 1. The lowest BCUT2D eigenvalue weighted by Crippen LogP contribution is -2.22. The summed E-state index contributed by atoms with van der Waals surface area (Å²) in [5, 5.41) is 0. The Morgan fingerprint density at radius 3 is 2.58 bits per heavy atom. The molecular formula is C20H18N2O2. The summed E-state index contributed by atoms with van der Waals surface area (Å²) < 4.78 is 5.77. The van der Waals surface area contributed by atoms with Crippen molar-refractivity contribution in [1.29, 1.82) is 0 Å². The van der Waals surface area contributed by atoms with Crippen LogP contribution in [-0.4, -0.2) is 15.8 Å². The van der Waals surface area contributed by atoms with Gasteiger partial charge in [-0.1, -0.05) is 18.2 Å². The standard InChI is InChI=1S/C20H18N2O2/c23-20(15-8-11-18-19(12-15)22-13-21-18)14-6-9-17(10-7-14)24-16-4-2-1-3-5-16/h1-7,9-10,13,15H,8,11-12H2,(H,21,22). The molecule has 1 N–H and O–H groups in total. The van der Waals surface area contributed by atoms with Crippen LogP contribution in [0.3, 0.4) is 0 Å². The Morgan fingerprint density at radius 2 is 1.79 bits per heavy atom. The third kappa shape index (κ3) is 2.95. The van der Waals surface area contributed by atoms with E-state index in [0.29, 0.717) is 0 Å². The van der Waals surface area contributed by atoms with E-state index >= 15 is 0 Å². The highest BCUT2D eigenvalue weighted by Gasteiger charge is 2.26. The molecule has 0 saturated heterocycles. The lowest BCUT2D eigenvalue weighted by molar-refractivity contribution is 0.0907. The lowest BCUT2D eigenvalue weighted by Gasteiger charge is -2.20. The van der Waals surface area contributed by atoms with Gasteiger partial charge in [-0.15, -0.1) is 0 Å². The average molecular weight is 318 g/mol. The highest BCUT2D eigenvalue weighted by molar-refractivity contribution is 5.98. The number of nitrogens with zero attached hydrogens (tertiary/aromatic N) is 1. The molecule has 120 valence electrons. The minimum Gasteiger partial charge on any atom is -0.457 e. The monoisotopic (exact) mass is 318 g/mol. The summed E-state index contributed by atoms with van der Waals surface area (Å²) in [5.41, 5.74) is 2.94. The van der Waals surface area contributed by atoms with Gasteiger partial charge in [0, 0.05) is 17.2 Å². The van der Waals surface area contributed by atoms with Crippen LogP contribution in [0.4, 0.5) is 0 Å². The molecule has 1 aliphatic carbocycles. The van der Waals surface area contributed by atoms with E-state index in [0.717, 1.165) is 47.7 Å². The summed E-state index contributed by atoms with van der Waals surface area (Å²) in [6.45, 7) is 0. The van der Waals surface area contributed by atoms with Gasteiger partial charge in [-0.25, -0.2) is 4.98 Å². The van der Waals surface area contributed by atoms with Gasteiger partial charge in [0.2, 0.25) is 0 Å². The van der Waals surface area contributed by atoms with Crippen molar-refractivity contribution < 1.29 is 9.53 Å². The molecule has 3 aromatic rings. The molecule has 0 fully saturated rings. The average Bonchev–Trinajstić information content (AvgIpc) is 3.10. The molecule has 0 spiro atoms. The Balaban J connectivity index is 1.46. The fourth-order valence-corrected chi connectivity index (χ4v) is 3.17. The molecule has 1 heterocycles. The first-order valence-electron chi connectivity index (χ1n) is 8.18. The van der Waals surface area contributed by atoms with E-state index in [-0.39, 0.29) is 11.7 Å². The van der Waals surface area contributed by atoms with Crippen LogP contribution in [0.2, 0.25) is 0 Å². The quantitative estimate of drug-likeness (QED) is 0.734. The zero-order valence-electron chi connectivity index (χ0n) is 13.2. The van der Waals surface area contributed by atoms with Crippen molar-refractivity contribution in [3.05, 3.63) is 77.9 Å². The SMILES string of the molecule is O=C(c1ccc(Oc2ccccc2)cc1)C1CCc2nc[nH]c2C1. The minimum absolute atomic E-state index is 0.0267. The van der Waals surface area contributed by atoms with Gasteiger partial charge in [0.05, 0.1) is 12.0 Å². The van der Waals surface area contributed by atoms with Gasteiger partial charge in [0.1, 0.15) is 11.5 Å². The van der Waals surface area contributed by atoms with Crippen LogP contribution >= 0.6 is 0 Å². The Hall–Kier alpha value is -2.88. The summed E-state index contributed by atoms with van der Waals surface area (Å²) in [7, 11) is 0. The number of aryl methyl sites for hydroxylation is 1. The topological polar surface area (TPSA) is 55.0 Å². The predicted molar refractivity (Wildman–Crippen MR) is 91.4 cm³/mol. The van der Waals surface area contributed by atoms with Gasteiger partial charge in [-0.05, 0) is 55.7 Å². The number of benzene rings is 2. The molecule has 4 heteroatoms. The number of para-hydroxylation sites is 1. The number of rotatable bonds is 4. The number of carbonyl (C=O) groups is 1. The second kappa shape index (κ2) is 6.32. The highest BCUT2D eigenvalue weighted by Crippen LogP contribution is 2.27. The Morgan fingerprint density at radius 1 is 1.04 bits per heavy atom. The van der Waals surface area contributed by atoms with Gasteiger partial charge in [-0.2, -0.15) is 0 Å². The maximum absolute atomic E-state index is 12.7. The number of H-pyrrole nitrogens is 1. The molecular weight excluding hydrogens is 300 g/mol. The summed E-state index contributed by atoms with van der Waals surface area (Å²) in [6.07, 6.45) is 4.19. The van der Waals surface area contributed by atoms with Crippen LogP contribution in [-0.2, 0) is 12.8 Å². The van der Waals surface area contributed by atoms with E-state index in [9.17, 15) is 4.79 Å². The van der Waals surface area contributed by atoms with Crippen LogP contribution in [0.5, 0.6) is 11.5 Å². The maximum atomic E-state index is 12.7. The first-order chi connectivity index (χ1) is 11.8. The van der Waals surface area contributed by atoms with Crippen LogP contribution < -0.4 is 4.74 Å². The van der Waals surface area contributed by atoms with Crippen LogP contribution in [0.1, 0.15) is 28.2 Å². The second-order valence-electron chi connectivity index (χ2n) is 6.07. The smallest absolute Gasteiger partial charge is 0.166 e. The number of fused-ring (bicyclic) bond motifs is 1. The summed E-state index contributed by atoms with van der Waals surface area (Å²) in [6, 6.07) is 17.0. The normalized spacial score (nSPS) is 16.4. The molecule has 1 aromatic heterocycles. The molecule has 0 aliphatic heterocycles. The van der Waals surface area contributed by atoms with E-state index in [1.807, 2.05) is 54.6 Å². The zero-order valence-corrected chi connectivity index (χ0v) is 13.2. The molecule has 0 radical (unpaired) electrons. The van der Waals surface area contributed by atoms with E-state index in [1.54, 1.807) is 6.33 Å². The van der Waals surface area contributed by atoms with Crippen molar-refractivity contribution in [1.82, 2.24) is 9.97 Å². The molecule has 1 unspecified atom stereocenters. The van der Waals surface area contributed by atoms with Gasteiger partial charge in [0.15, 0.2) is 5.78 Å². The van der Waals surface area contributed by atoms with Gasteiger partial charge in [-0.3, -0.25) is 4.79 Å². The number of ether oxygens (including phenoxy) is 1. The van der Waals surface area contributed by atoms with Crippen molar-refractivity contribution in [3.8, 4) is 11.5 Å². The van der Waals surface area contributed by atoms with Crippen LogP contribution in [0, 0.1) is 5.92 Å². The second-order valence-corrected chi connectivity index (χ2v) is 6.07. The number of hydrogen-bond donors (Lipinski definition) is 1. The van der Waals surface area contributed by atoms with E-state index in [4.69, 9.17) is 4.74 Å². The van der Waals surface area contributed by atoms with Gasteiger partial charge in [0.25, 0.3) is 0 Å². The number of ketones is 1. The van der Waals surface area contributed by atoms with E-state index < -0.39 is 0 Å². The third-order valence-corrected chi connectivity index (χ3v) is 4.48. The summed E-state index contributed by atoms with van der Waals surface area (Å²) >= 11 is 0. The number of imidazole rings is 1. The Bertz CT molecular complexity index is 838. The van der Waals surface area contributed by atoms with Crippen molar-refractivity contribution >= 4 is 5.78 Å². The Kier molecular flexibility index (Phi) is 3.87. The molecule has 1 aliphatic rings. The molecule has 2 aromatic carbocycles. The van der Waals surface area contributed by atoms with Crippen molar-refractivity contribution in [2.45, 2.75) is 19.3 Å². The number of aromatic amines is 1. The third-order valence-electron chi connectivity index (χ3n) is 4.48. The molecule has 0 saturated carbocycles. The van der Waals surface area contributed by atoms with Crippen molar-refractivity contribution in [3.63, 3.8) is 0 Å². The molecule has 0 amide bonds. The highest BCUT2D eigenvalue weighted by atomic mass is 16.5. The maximum Gasteiger partial charge on any atom is 0.166 e. The predicted octanol–water partition coefficient (Wildman–Crippen LogP) is 4.19. The zero-order chi connectivity index (χ0) is 16.4. The number of nitrogens with one attached hydrogen (secondary N) is 1. The fraction of sp³-hybridized carbons (Fsp3) is 0.200. The largest absolute Gasteiger partial charge is 0.457 e. The van der Waals surface area contributed by atoms with Crippen molar-refractivity contribution in [2.75, 3.05) is 0 Å². The number of carbonyl (C=O) groups excluding carboxylic acids is 1. The lowest BCUT2D eigenvalue weighted by atomic mass is 9.84. The minimum atomic E-state index is 0.0267. The van der Waals surface area contributed by atoms with E-state index in [1.165, 1.54) is 0 Å². The molecule has 1 atom stereocenters. The summed E-state index contributed by atoms with van der Waals surface area (Å²) in [4.78, 5) is 20.2. The first-order valence-corrected chi connectivity index (χ1v) is 8.18. The van der Waals surface area contributed by atoms with Crippen LogP contribution in [0.15, 0.2) is 60.9 Å². The molecule has 24 heavy (non-hydrogen) atoms. The molecule has 0 bridgehead atoms. The Labute approximate surface area is 140 Å². The first kappa shape index (κ1) is 14.7. The summed E-state index contributed by atoms with van der Waals surface area (Å²) in [5.74, 6) is 1.74. The van der Waals surface area contributed by atoms with Gasteiger partial charge < -0.3 is 9.72 Å². The van der Waals surface area contributed by atoms with Crippen molar-refractivity contribution in [2.24, 2.45) is 5.92 Å². The van der Waals surface area contributed by atoms with Crippen LogP contribution in [0.25, 0.3) is 0 Å². The van der Waals surface area contributed by atoms with Gasteiger partial charge >= 0.3 is 0 Å². The molecule has 4 rings (SSSR count). The number of hydrogen-bond acceptors (Lipinski definition) is 3.